The molecule has 120 valence electrons. The molecule has 1 N–H and O–H groups in total. The van der Waals surface area contributed by atoms with Crippen LogP contribution in [0.1, 0.15) is 18.5 Å². The number of benzene rings is 2. The second kappa shape index (κ2) is 8.12. The maximum Gasteiger partial charge on any atom is 0.269 e. The van der Waals surface area contributed by atoms with E-state index in [2.05, 4.69) is 21.2 Å². The van der Waals surface area contributed by atoms with Crippen molar-refractivity contribution < 1.29 is 9.72 Å². The molecule has 2 aromatic carbocycles. The molecule has 5 nitrogen and oxygen atoms in total. The predicted octanol–water partition coefficient (Wildman–Crippen LogP) is 4.33. The Labute approximate surface area is 146 Å². The summed E-state index contributed by atoms with van der Waals surface area (Å²) in [5.41, 5.74) is 1.06. The van der Waals surface area contributed by atoms with E-state index < -0.39 is 4.92 Å². The minimum atomic E-state index is -0.444. The van der Waals surface area contributed by atoms with Crippen molar-refractivity contribution in [1.29, 1.82) is 0 Å². The first-order chi connectivity index (χ1) is 11.0. The predicted molar refractivity (Wildman–Crippen MR) is 94.5 cm³/mol. The Morgan fingerprint density at radius 3 is 2.52 bits per heavy atom. The highest BCUT2D eigenvalue weighted by atomic mass is 79.9. The number of thioether (sulfide) groups is 1. The second-order valence-corrected chi connectivity index (χ2v) is 6.75. The number of nitro groups is 1. The summed E-state index contributed by atoms with van der Waals surface area (Å²) in [6.07, 6.45) is 0. The van der Waals surface area contributed by atoms with Crippen LogP contribution in [0.25, 0.3) is 0 Å². The van der Waals surface area contributed by atoms with Crippen LogP contribution in [-0.2, 0) is 4.79 Å². The highest BCUT2D eigenvalue weighted by Gasteiger charge is 2.12. The van der Waals surface area contributed by atoms with Crippen molar-refractivity contribution >= 4 is 39.3 Å². The lowest BCUT2D eigenvalue weighted by Gasteiger charge is -2.15. The third kappa shape index (κ3) is 5.07. The van der Waals surface area contributed by atoms with E-state index in [1.807, 2.05) is 31.2 Å². The lowest BCUT2D eigenvalue weighted by Crippen LogP contribution is -2.28. The number of rotatable bonds is 6. The van der Waals surface area contributed by atoms with Gasteiger partial charge in [0.1, 0.15) is 0 Å². The summed E-state index contributed by atoms with van der Waals surface area (Å²) in [6.45, 7) is 1.93. The zero-order valence-corrected chi connectivity index (χ0v) is 14.8. The molecular weight excluding hydrogens is 380 g/mol. The molecule has 0 aliphatic carbocycles. The number of nitrogens with zero attached hydrogens (tertiary/aromatic N) is 1. The second-order valence-electron chi connectivity index (χ2n) is 4.85. The largest absolute Gasteiger partial charge is 0.349 e. The summed E-state index contributed by atoms with van der Waals surface area (Å²) >= 11 is 4.81. The number of nitrogens with one attached hydrogen (secondary N) is 1. The van der Waals surface area contributed by atoms with Crippen molar-refractivity contribution in [3.63, 3.8) is 0 Å². The van der Waals surface area contributed by atoms with Gasteiger partial charge in [-0.2, -0.15) is 0 Å². The van der Waals surface area contributed by atoms with E-state index in [-0.39, 0.29) is 23.4 Å². The third-order valence-electron chi connectivity index (χ3n) is 3.17. The van der Waals surface area contributed by atoms with Crippen LogP contribution < -0.4 is 5.32 Å². The molecule has 7 heteroatoms. The lowest BCUT2D eigenvalue weighted by atomic mass is 10.1. The number of hydrogen-bond donors (Lipinski definition) is 1. The Balaban J connectivity index is 1.87. The SMILES string of the molecule is CC(NC(=O)CSc1ccc([N+](=O)[O-])cc1)c1ccccc1Br. The molecule has 0 aliphatic heterocycles. The van der Waals surface area contributed by atoms with Crippen molar-refractivity contribution in [1.82, 2.24) is 5.32 Å². The van der Waals surface area contributed by atoms with Crippen LogP contribution in [0.4, 0.5) is 5.69 Å². The molecule has 0 aliphatic rings. The fourth-order valence-electron chi connectivity index (χ4n) is 2.00. The van der Waals surface area contributed by atoms with Crippen molar-refractivity contribution in [3.05, 3.63) is 68.7 Å². The van der Waals surface area contributed by atoms with Gasteiger partial charge in [-0.3, -0.25) is 14.9 Å². The molecule has 1 amide bonds. The Morgan fingerprint density at radius 2 is 1.91 bits per heavy atom. The highest BCUT2D eigenvalue weighted by Crippen LogP contribution is 2.24. The van der Waals surface area contributed by atoms with E-state index in [0.717, 1.165) is 14.9 Å². The summed E-state index contributed by atoms with van der Waals surface area (Å²) in [6, 6.07) is 13.8. The minimum absolute atomic E-state index is 0.0429. The van der Waals surface area contributed by atoms with Crippen LogP contribution in [0.2, 0.25) is 0 Å². The minimum Gasteiger partial charge on any atom is -0.349 e. The smallest absolute Gasteiger partial charge is 0.269 e. The van der Waals surface area contributed by atoms with Gasteiger partial charge in [0.15, 0.2) is 0 Å². The van der Waals surface area contributed by atoms with E-state index in [1.54, 1.807) is 12.1 Å². The quantitative estimate of drug-likeness (QED) is 0.449. The van der Waals surface area contributed by atoms with Gasteiger partial charge < -0.3 is 5.32 Å². The molecule has 0 heterocycles. The zero-order chi connectivity index (χ0) is 16.8. The van der Waals surface area contributed by atoms with Crippen LogP contribution >= 0.6 is 27.7 Å². The average molecular weight is 395 g/mol. The van der Waals surface area contributed by atoms with Crippen molar-refractivity contribution in [2.75, 3.05) is 5.75 Å². The molecule has 1 unspecified atom stereocenters. The first-order valence-corrected chi connectivity index (χ1v) is 8.66. The van der Waals surface area contributed by atoms with Crippen LogP contribution in [0, 0.1) is 10.1 Å². The number of halogens is 1. The van der Waals surface area contributed by atoms with Crippen LogP contribution in [-0.4, -0.2) is 16.6 Å². The normalized spacial score (nSPS) is 11.7. The Hall–Kier alpha value is -1.86. The van der Waals surface area contributed by atoms with Gasteiger partial charge in [-0.25, -0.2) is 0 Å². The molecule has 0 saturated carbocycles. The van der Waals surface area contributed by atoms with E-state index >= 15 is 0 Å². The summed E-state index contributed by atoms with van der Waals surface area (Å²) in [5, 5.41) is 13.5. The highest BCUT2D eigenvalue weighted by molar-refractivity contribution is 9.10. The van der Waals surface area contributed by atoms with Crippen LogP contribution in [0.3, 0.4) is 0 Å². The Morgan fingerprint density at radius 1 is 1.26 bits per heavy atom. The fourth-order valence-corrected chi connectivity index (χ4v) is 3.34. The number of carbonyl (C=O) groups excluding carboxylic acids is 1. The number of carbonyl (C=O) groups is 1. The van der Waals surface area contributed by atoms with Crippen molar-refractivity contribution in [2.24, 2.45) is 0 Å². The molecule has 1 atom stereocenters. The molecule has 2 rings (SSSR count). The monoisotopic (exact) mass is 394 g/mol. The molecule has 0 bridgehead atoms. The van der Waals surface area contributed by atoms with Gasteiger partial charge in [-0.1, -0.05) is 34.1 Å². The van der Waals surface area contributed by atoms with Gasteiger partial charge in [0, 0.05) is 21.5 Å². The van der Waals surface area contributed by atoms with Crippen LogP contribution in [0.5, 0.6) is 0 Å². The van der Waals surface area contributed by atoms with Gasteiger partial charge in [0.05, 0.1) is 16.7 Å². The number of hydrogen-bond acceptors (Lipinski definition) is 4. The van der Waals surface area contributed by atoms with Gasteiger partial charge in [0.25, 0.3) is 5.69 Å². The molecule has 0 radical (unpaired) electrons. The molecule has 0 saturated heterocycles. The van der Waals surface area contributed by atoms with E-state index in [1.165, 1.54) is 23.9 Å². The summed E-state index contributed by atoms with van der Waals surface area (Å²) in [4.78, 5) is 23.0. The zero-order valence-electron chi connectivity index (χ0n) is 12.4. The standard InChI is InChI=1S/C16H15BrN2O3S/c1-11(14-4-2-3-5-15(14)17)18-16(20)10-23-13-8-6-12(7-9-13)19(21)22/h2-9,11H,10H2,1H3,(H,18,20). The Kier molecular flexibility index (Phi) is 6.18. The van der Waals surface area contributed by atoms with Gasteiger partial charge in [-0.05, 0) is 30.7 Å². The summed E-state index contributed by atoms with van der Waals surface area (Å²) in [7, 11) is 0. The van der Waals surface area contributed by atoms with E-state index in [4.69, 9.17) is 0 Å². The molecule has 0 spiro atoms. The molecular formula is C16H15BrN2O3S. The van der Waals surface area contributed by atoms with E-state index in [9.17, 15) is 14.9 Å². The topological polar surface area (TPSA) is 72.2 Å². The summed E-state index contributed by atoms with van der Waals surface area (Å²) < 4.78 is 0.954. The molecule has 0 fully saturated rings. The third-order valence-corrected chi connectivity index (χ3v) is 4.90. The molecule has 23 heavy (non-hydrogen) atoms. The molecule has 2 aromatic rings. The summed E-state index contributed by atoms with van der Waals surface area (Å²) in [5.74, 6) is 0.170. The van der Waals surface area contributed by atoms with Gasteiger partial charge in [-0.15, -0.1) is 11.8 Å². The molecule has 0 aromatic heterocycles. The van der Waals surface area contributed by atoms with Crippen LogP contribution in [0.15, 0.2) is 57.9 Å². The van der Waals surface area contributed by atoms with Crippen molar-refractivity contribution in [2.45, 2.75) is 17.9 Å². The first-order valence-electron chi connectivity index (χ1n) is 6.88. The van der Waals surface area contributed by atoms with Crippen molar-refractivity contribution in [3.8, 4) is 0 Å². The number of nitro benzene ring substituents is 1. The first kappa shape index (κ1) is 17.5. The lowest BCUT2D eigenvalue weighted by molar-refractivity contribution is -0.384. The van der Waals surface area contributed by atoms with Gasteiger partial charge >= 0.3 is 0 Å². The number of non-ortho nitro benzene ring substituents is 1. The van der Waals surface area contributed by atoms with Gasteiger partial charge in [0.2, 0.25) is 5.91 Å². The fraction of sp³-hybridized carbons (Fsp3) is 0.188. The number of amides is 1. The van der Waals surface area contributed by atoms with E-state index in [0.29, 0.717) is 0 Å². The Bertz CT molecular complexity index is 707. The maximum atomic E-state index is 12.0. The average Bonchev–Trinajstić information content (AvgIpc) is 2.53. The maximum absolute atomic E-state index is 12.0.